The Balaban J connectivity index is -0.0000000133. The molecule has 5 heavy (non-hydrogen) atoms. The van der Waals surface area contributed by atoms with Gasteiger partial charge in [-0.25, -0.2) is 0 Å². The van der Waals surface area contributed by atoms with Crippen LogP contribution in [0.3, 0.4) is 0 Å². The highest BCUT2D eigenvalue weighted by atomic mass is 17.0. The number of rotatable bonds is 0. The maximum absolute atomic E-state index is 7.00. The maximum atomic E-state index is 7.00. The van der Waals surface area contributed by atoms with Crippen molar-refractivity contribution in [3.8, 4) is 0 Å². The summed E-state index contributed by atoms with van der Waals surface area (Å²) in [4.78, 5) is 0. The molecule has 0 bridgehead atoms. The highest BCUT2D eigenvalue weighted by Crippen LogP contribution is 0.755. The summed E-state index contributed by atoms with van der Waals surface area (Å²) in [5, 5.41) is 19.0. The summed E-state index contributed by atoms with van der Waals surface area (Å²) < 4.78 is 0. The van der Waals surface area contributed by atoms with Crippen molar-refractivity contribution in [1.29, 1.82) is 0 Å². The molecule has 0 spiro atoms. The average Bonchev–Trinajstić information content (AvgIpc) is 1.50. The van der Waals surface area contributed by atoms with Gasteiger partial charge in [0.2, 0.25) is 0 Å². The van der Waals surface area contributed by atoms with Gasteiger partial charge in [0.05, 0.1) is 0 Å². The molecule has 3 heteroatoms. The predicted octanol–water partition coefficient (Wildman–Crippen LogP) is 0.262. The minimum atomic E-state index is 0. The third kappa shape index (κ3) is 952. The minimum Gasteiger partial charge on any atom is -0.400 e. The zero-order valence-corrected chi connectivity index (χ0v) is 2.34. The van der Waals surface area contributed by atoms with Crippen LogP contribution in [0, 0.1) is 0 Å². The van der Waals surface area contributed by atoms with Crippen molar-refractivity contribution in [2.45, 2.75) is 7.43 Å². The van der Waals surface area contributed by atoms with Gasteiger partial charge in [0.15, 0.2) is 0 Å². The lowest BCUT2D eigenvalue weighted by atomic mass is 11.8. The van der Waals surface area contributed by atoms with Crippen molar-refractivity contribution in [2.24, 2.45) is 0 Å². The first-order valence-corrected chi connectivity index (χ1v) is 0.647. The van der Waals surface area contributed by atoms with Crippen LogP contribution in [0.5, 0.6) is 0 Å². The molecule has 0 fully saturated rings. The normalized spacial score (nSPS) is 2.40. The fourth-order valence-corrected chi connectivity index (χ4v) is 0. The smallest absolute Gasteiger partial charge is 0.0319 e. The molecular weight excluding hydrogens is 72.0 g/mol. The molecule has 0 aromatic carbocycles. The average molecular weight is 82.1 g/mol. The first kappa shape index (κ1) is 20.8. The summed E-state index contributed by atoms with van der Waals surface area (Å²) in [6.45, 7) is 0. The summed E-state index contributed by atoms with van der Waals surface area (Å²) in [5.41, 5.74) is 0. The largest absolute Gasteiger partial charge is 0.400 e. The molecule has 0 rings (SSSR count). The van der Waals surface area contributed by atoms with E-state index in [1.54, 1.807) is 0 Å². The molecule has 0 saturated carbocycles. The summed E-state index contributed by atoms with van der Waals surface area (Å²) in [6, 6.07) is 0. The van der Waals surface area contributed by atoms with Gasteiger partial charge in [-0.15, -0.1) is 0 Å². The van der Waals surface area contributed by atoms with E-state index in [9.17, 15) is 0 Å². The van der Waals surface area contributed by atoms with Crippen LogP contribution in [0.25, 0.3) is 0 Å². The zero-order chi connectivity index (χ0) is 4.00. The van der Waals surface area contributed by atoms with Crippen molar-refractivity contribution in [1.82, 2.24) is 0 Å². The molecule has 3 N–H and O–H groups in total. The van der Waals surface area contributed by atoms with Crippen molar-refractivity contribution >= 4 is 0 Å². The lowest BCUT2D eigenvalue weighted by Gasteiger charge is -1.25. The second-order valence-corrected chi connectivity index (χ2v) is 0. The summed E-state index contributed by atoms with van der Waals surface area (Å²) in [7, 11) is 1.00. The van der Waals surface area contributed by atoms with Gasteiger partial charge in [0.25, 0.3) is 0 Å². The first-order valence-electron chi connectivity index (χ1n) is 0.647. The molecule has 0 aromatic heterocycles. The Bertz CT molecular complexity index is 4.85. The van der Waals surface area contributed by atoms with E-state index in [-0.39, 0.29) is 7.43 Å². The van der Waals surface area contributed by atoms with Crippen LogP contribution in [-0.4, -0.2) is 22.7 Å². The molecule has 36 valence electrons. The van der Waals surface area contributed by atoms with E-state index in [1.165, 1.54) is 0 Å². The van der Waals surface area contributed by atoms with Crippen LogP contribution in [0.4, 0.5) is 0 Å². The second-order valence-electron chi connectivity index (χ2n) is 0. The van der Waals surface area contributed by atoms with Gasteiger partial charge in [-0.05, 0) is 0 Å². The molecule has 0 saturated heterocycles. The molecule has 0 aromatic rings. The molecule has 0 atom stereocenters. The van der Waals surface area contributed by atoms with Gasteiger partial charge < -0.3 is 5.11 Å². The highest BCUT2D eigenvalue weighted by molar-refractivity contribution is 3.18. The van der Waals surface area contributed by atoms with Gasteiger partial charge in [0, 0.05) is 7.11 Å². The molecule has 0 heterocycles. The molecule has 0 amide bonds. The van der Waals surface area contributed by atoms with E-state index in [4.69, 9.17) is 15.6 Å². The molecule has 0 unspecified atom stereocenters. The van der Waals surface area contributed by atoms with Crippen LogP contribution in [0.1, 0.15) is 7.43 Å². The zero-order valence-electron chi connectivity index (χ0n) is 2.34. The quantitative estimate of drug-likeness (QED) is 0.290. The lowest BCUT2D eigenvalue weighted by Crippen LogP contribution is -1.29. The Labute approximate surface area is 31.4 Å². The van der Waals surface area contributed by atoms with E-state index in [0.29, 0.717) is 0 Å². The van der Waals surface area contributed by atoms with Gasteiger partial charge in [-0.3, -0.25) is 10.5 Å². The van der Waals surface area contributed by atoms with E-state index >= 15 is 0 Å². The Morgan fingerprint density at radius 3 is 1.00 bits per heavy atom. The summed E-state index contributed by atoms with van der Waals surface area (Å²) >= 11 is 0. The van der Waals surface area contributed by atoms with Crippen molar-refractivity contribution in [3.05, 3.63) is 0 Å². The molecule has 3 nitrogen and oxygen atoms in total. The van der Waals surface area contributed by atoms with Crippen LogP contribution in [0.15, 0.2) is 0 Å². The Morgan fingerprint density at radius 1 is 1.00 bits per heavy atom. The van der Waals surface area contributed by atoms with Gasteiger partial charge in [0.1, 0.15) is 0 Å². The lowest BCUT2D eigenvalue weighted by molar-refractivity contribution is -0.176. The van der Waals surface area contributed by atoms with E-state index in [0.717, 1.165) is 7.11 Å². The molecular formula is C2H10O3. The highest BCUT2D eigenvalue weighted by Gasteiger charge is 0.839. The maximum Gasteiger partial charge on any atom is 0.0319 e. The Hall–Kier alpha value is -0.120. The fraction of sp³-hybridized carbons (Fsp3) is 1.00. The van der Waals surface area contributed by atoms with Gasteiger partial charge in [-0.2, -0.15) is 0 Å². The number of hydrogen-bond donors (Lipinski definition) is 3. The second kappa shape index (κ2) is 2230. The van der Waals surface area contributed by atoms with E-state index in [1.807, 2.05) is 0 Å². The molecule has 0 aliphatic heterocycles. The van der Waals surface area contributed by atoms with Crippen molar-refractivity contribution in [2.75, 3.05) is 7.11 Å². The summed E-state index contributed by atoms with van der Waals surface area (Å²) in [5.74, 6) is 0. The third-order valence-corrected chi connectivity index (χ3v) is 0. The number of hydrogen-bond acceptors (Lipinski definition) is 3. The molecule has 0 aliphatic rings. The van der Waals surface area contributed by atoms with Crippen LogP contribution in [-0.2, 0) is 0 Å². The van der Waals surface area contributed by atoms with Crippen molar-refractivity contribution in [3.63, 3.8) is 0 Å². The van der Waals surface area contributed by atoms with Crippen molar-refractivity contribution < 1.29 is 15.6 Å². The predicted molar refractivity (Wildman–Crippen MR) is 20.1 cm³/mol. The SMILES string of the molecule is C.CO.OO. The van der Waals surface area contributed by atoms with Crippen LogP contribution < -0.4 is 0 Å². The monoisotopic (exact) mass is 82.1 g/mol. The van der Waals surface area contributed by atoms with E-state index in [2.05, 4.69) is 0 Å². The van der Waals surface area contributed by atoms with E-state index < -0.39 is 0 Å². The fourth-order valence-electron chi connectivity index (χ4n) is 0. The Morgan fingerprint density at radius 2 is 1.00 bits per heavy atom. The molecule has 0 radical (unpaired) electrons. The summed E-state index contributed by atoms with van der Waals surface area (Å²) in [6.07, 6.45) is 0. The number of aliphatic hydroxyl groups excluding tert-OH is 1. The standard InChI is InChI=1S/CH4O.CH4.H2O2/c1-2;;1-2/h2H,1H3;1H4;1-2H. The van der Waals surface area contributed by atoms with Gasteiger partial charge >= 0.3 is 0 Å². The topological polar surface area (TPSA) is 60.7 Å². The molecule has 0 aliphatic carbocycles. The van der Waals surface area contributed by atoms with Gasteiger partial charge in [-0.1, -0.05) is 7.43 Å². The minimum absolute atomic E-state index is 0. The number of aliphatic hydroxyl groups is 1. The van der Waals surface area contributed by atoms with Crippen LogP contribution in [0.2, 0.25) is 0 Å². The Kier molecular flexibility index (Phi) is 9290. The first-order chi connectivity index (χ1) is 2.00. The van der Waals surface area contributed by atoms with Crippen LogP contribution >= 0.6 is 0 Å². The third-order valence-electron chi connectivity index (χ3n) is 0.